The molecule has 0 saturated carbocycles. The van der Waals surface area contributed by atoms with Gasteiger partial charge in [-0.15, -0.1) is 0 Å². The highest BCUT2D eigenvalue weighted by Gasteiger charge is 2.29. The van der Waals surface area contributed by atoms with E-state index in [0.717, 1.165) is 30.2 Å². The quantitative estimate of drug-likeness (QED) is 0.722. The van der Waals surface area contributed by atoms with Crippen LogP contribution in [0.5, 0.6) is 0 Å². The van der Waals surface area contributed by atoms with Crippen molar-refractivity contribution in [2.45, 2.75) is 24.3 Å². The van der Waals surface area contributed by atoms with Gasteiger partial charge in [-0.05, 0) is 41.7 Å². The van der Waals surface area contributed by atoms with Crippen LogP contribution in [-0.2, 0) is 16.6 Å². The molecule has 1 saturated heterocycles. The van der Waals surface area contributed by atoms with Crippen molar-refractivity contribution >= 4 is 20.8 Å². The SMILES string of the molecule is O=S(=O)(c1ccc2ccccc2c1)N1CCC(Cn2ccnc2)CC1. The van der Waals surface area contributed by atoms with Gasteiger partial charge in [-0.3, -0.25) is 0 Å². The molecule has 0 unspecified atom stereocenters. The van der Waals surface area contributed by atoms with Crippen molar-refractivity contribution in [3.8, 4) is 0 Å². The molecule has 3 aromatic rings. The van der Waals surface area contributed by atoms with Crippen molar-refractivity contribution in [3.63, 3.8) is 0 Å². The lowest BCUT2D eigenvalue weighted by atomic mass is 9.98. The summed E-state index contributed by atoms with van der Waals surface area (Å²) in [4.78, 5) is 4.45. The maximum absolute atomic E-state index is 13.0. The molecule has 25 heavy (non-hydrogen) atoms. The Morgan fingerprint density at radius 1 is 1.04 bits per heavy atom. The zero-order valence-electron chi connectivity index (χ0n) is 14.0. The first kappa shape index (κ1) is 16.3. The Hall–Kier alpha value is -2.18. The van der Waals surface area contributed by atoms with Gasteiger partial charge >= 0.3 is 0 Å². The molecule has 130 valence electrons. The van der Waals surface area contributed by atoms with Gasteiger partial charge < -0.3 is 4.57 Å². The number of benzene rings is 2. The number of aromatic nitrogens is 2. The van der Waals surface area contributed by atoms with Gasteiger partial charge in [0.2, 0.25) is 10.0 Å². The second kappa shape index (κ2) is 6.61. The number of nitrogens with zero attached hydrogens (tertiary/aromatic N) is 3. The molecule has 0 bridgehead atoms. The van der Waals surface area contributed by atoms with Crippen molar-refractivity contribution < 1.29 is 8.42 Å². The van der Waals surface area contributed by atoms with Crippen LogP contribution in [0.3, 0.4) is 0 Å². The van der Waals surface area contributed by atoms with E-state index in [9.17, 15) is 8.42 Å². The van der Waals surface area contributed by atoms with Crippen LogP contribution in [-0.4, -0.2) is 35.4 Å². The molecule has 0 amide bonds. The molecule has 2 heterocycles. The van der Waals surface area contributed by atoms with Crippen LogP contribution in [0.15, 0.2) is 66.1 Å². The minimum absolute atomic E-state index is 0.388. The standard InChI is InChI=1S/C19H21N3O2S/c23-25(24,19-6-5-17-3-1-2-4-18(17)13-19)22-10-7-16(8-11-22)14-21-12-9-20-15-21/h1-6,9,12-13,15-16H,7-8,10-11,14H2. The van der Waals surface area contributed by atoms with Crippen LogP contribution in [0.1, 0.15) is 12.8 Å². The van der Waals surface area contributed by atoms with E-state index >= 15 is 0 Å². The summed E-state index contributed by atoms with van der Waals surface area (Å²) < 4.78 is 29.6. The third-order valence-electron chi connectivity index (χ3n) is 4.96. The van der Waals surface area contributed by atoms with Gasteiger partial charge in [-0.1, -0.05) is 30.3 Å². The van der Waals surface area contributed by atoms with E-state index in [2.05, 4.69) is 9.55 Å². The maximum Gasteiger partial charge on any atom is 0.243 e. The normalized spacial score (nSPS) is 17.1. The molecule has 1 aromatic heterocycles. The summed E-state index contributed by atoms with van der Waals surface area (Å²) in [5.74, 6) is 0.497. The van der Waals surface area contributed by atoms with E-state index in [1.54, 1.807) is 22.6 Å². The fraction of sp³-hybridized carbons (Fsp3) is 0.316. The highest BCUT2D eigenvalue weighted by molar-refractivity contribution is 7.89. The van der Waals surface area contributed by atoms with Crippen molar-refractivity contribution in [1.82, 2.24) is 13.9 Å². The Bertz CT molecular complexity index is 959. The van der Waals surface area contributed by atoms with E-state index in [-0.39, 0.29) is 0 Å². The number of sulfonamides is 1. The largest absolute Gasteiger partial charge is 0.337 e. The Balaban J connectivity index is 1.49. The lowest BCUT2D eigenvalue weighted by molar-refractivity contribution is 0.253. The molecular formula is C19H21N3O2S. The summed E-state index contributed by atoms with van der Waals surface area (Å²) in [6.45, 7) is 2.06. The number of imidazole rings is 1. The van der Waals surface area contributed by atoms with Gasteiger partial charge in [-0.25, -0.2) is 13.4 Å². The van der Waals surface area contributed by atoms with Gasteiger partial charge in [0, 0.05) is 32.0 Å². The van der Waals surface area contributed by atoms with Crippen LogP contribution in [0.4, 0.5) is 0 Å². The van der Waals surface area contributed by atoms with Gasteiger partial charge in [-0.2, -0.15) is 4.31 Å². The number of hydrogen-bond acceptors (Lipinski definition) is 3. The van der Waals surface area contributed by atoms with Gasteiger partial charge in [0.25, 0.3) is 0 Å². The number of fused-ring (bicyclic) bond motifs is 1. The Kier molecular flexibility index (Phi) is 4.31. The van der Waals surface area contributed by atoms with Crippen LogP contribution in [0, 0.1) is 5.92 Å². The molecule has 1 aliphatic rings. The highest BCUT2D eigenvalue weighted by atomic mass is 32.2. The lowest BCUT2D eigenvalue weighted by Crippen LogP contribution is -2.39. The number of rotatable bonds is 4. The summed E-state index contributed by atoms with van der Waals surface area (Å²) in [6, 6.07) is 13.2. The molecule has 0 N–H and O–H groups in total. The number of hydrogen-bond donors (Lipinski definition) is 0. The molecule has 0 atom stereocenters. The highest BCUT2D eigenvalue weighted by Crippen LogP contribution is 2.26. The zero-order chi connectivity index (χ0) is 17.3. The summed E-state index contributed by atoms with van der Waals surface area (Å²) in [6.07, 6.45) is 7.31. The molecule has 6 heteroatoms. The summed E-state index contributed by atoms with van der Waals surface area (Å²) in [5.41, 5.74) is 0. The zero-order valence-corrected chi connectivity index (χ0v) is 14.8. The fourth-order valence-electron chi connectivity index (χ4n) is 3.50. The molecular weight excluding hydrogens is 334 g/mol. The first-order valence-electron chi connectivity index (χ1n) is 8.57. The van der Waals surface area contributed by atoms with Gasteiger partial charge in [0.15, 0.2) is 0 Å². The van der Waals surface area contributed by atoms with E-state index in [4.69, 9.17) is 0 Å². The van der Waals surface area contributed by atoms with E-state index in [0.29, 0.717) is 23.9 Å². The van der Waals surface area contributed by atoms with Crippen LogP contribution >= 0.6 is 0 Å². The van der Waals surface area contributed by atoms with Crippen LogP contribution in [0.25, 0.3) is 10.8 Å². The van der Waals surface area contributed by atoms with Crippen molar-refractivity contribution in [1.29, 1.82) is 0 Å². The average Bonchev–Trinajstić information content (AvgIpc) is 3.15. The lowest BCUT2D eigenvalue weighted by Gasteiger charge is -2.31. The van der Waals surface area contributed by atoms with Crippen molar-refractivity contribution in [2.75, 3.05) is 13.1 Å². The maximum atomic E-state index is 13.0. The Labute approximate surface area is 148 Å². The summed E-state index contributed by atoms with van der Waals surface area (Å²) in [7, 11) is -3.42. The fourth-order valence-corrected chi connectivity index (χ4v) is 5.01. The molecule has 1 aliphatic heterocycles. The molecule has 0 radical (unpaired) electrons. The van der Waals surface area contributed by atoms with Crippen LogP contribution in [0.2, 0.25) is 0 Å². The molecule has 1 fully saturated rings. The second-order valence-electron chi connectivity index (χ2n) is 6.62. The topological polar surface area (TPSA) is 55.2 Å². The molecule has 5 nitrogen and oxygen atoms in total. The van der Waals surface area contributed by atoms with Crippen LogP contribution < -0.4 is 0 Å². The van der Waals surface area contributed by atoms with Crippen molar-refractivity contribution in [3.05, 3.63) is 61.2 Å². The summed E-state index contributed by atoms with van der Waals surface area (Å²) in [5, 5.41) is 2.01. The first-order chi connectivity index (χ1) is 12.1. The first-order valence-corrected chi connectivity index (χ1v) is 10.0. The van der Waals surface area contributed by atoms with Gasteiger partial charge in [0.1, 0.15) is 0 Å². The smallest absolute Gasteiger partial charge is 0.243 e. The van der Waals surface area contributed by atoms with E-state index < -0.39 is 10.0 Å². The Morgan fingerprint density at radius 3 is 2.52 bits per heavy atom. The minimum atomic E-state index is -3.42. The monoisotopic (exact) mass is 355 g/mol. The predicted molar refractivity (Wildman–Crippen MR) is 97.7 cm³/mol. The summed E-state index contributed by atoms with van der Waals surface area (Å²) >= 11 is 0. The molecule has 0 aliphatic carbocycles. The third kappa shape index (κ3) is 3.32. The molecule has 4 rings (SSSR count). The Morgan fingerprint density at radius 2 is 1.80 bits per heavy atom. The van der Waals surface area contributed by atoms with Gasteiger partial charge in [0.05, 0.1) is 11.2 Å². The number of piperidine rings is 1. The molecule has 2 aromatic carbocycles. The third-order valence-corrected chi connectivity index (χ3v) is 6.86. The second-order valence-corrected chi connectivity index (χ2v) is 8.55. The predicted octanol–water partition coefficient (Wildman–Crippen LogP) is 3.14. The van der Waals surface area contributed by atoms with E-state index in [1.807, 2.05) is 42.9 Å². The molecule has 0 spiro atoms. The average molecular weight is 355 g/mol. The minimum Gasteiger partial charge on any atom is -0.337 e. The van der Waals surface area contributed by atoms with E-state index in [1.165, 1.54) is 0 Å². The van der Waals surface area contributed by atoms with Crippen molar-refractivity contribution in [2.24, 2.45) is 5.92 Å².